The van der Waals surface area contributed by atoms with Gasteiger partial charge in [0.05, 0.1) is 0 Å². The van der Waals surface area contributed by atoms with E-state index in [1.165, 1.54) is 6.08 Å². The van der Waals surface area contributed by atoms with Gasteiger partial charge in [0, 0.05) is 24.5 Å². The SMILES string of the molecule is O=C(O)C1CC2CCCCC2N1C(=O)C=Cc1cccnc1. The Bertz CT molecular complexity index is 585. The van der Waals surface area contributed by atoms with Crippen LogP contribution in [0.15, 0.2) is 30.6 Å². The Labute approximate surface area is 129 Å². The van der Waals surface area contributed by atoms with Gasteiger partial charge in [-0.1, -0.05) is 18.9 Å². The number of hydrogen-bond acceptors (Lipinski definition) is 3. The number of aliphatic carboxylic acids is 1. The fourth-order valence-corrected chi connectivity index (χ4v) is 3.73. The van der Waals surface area contributed by atoms with E-state index < -0.39 is 12.0 Å². The standard InChI is InChI=1S/C17H20N2O3/c20-16(8-7-12-4-3-9-18-11-12)19-14-6-2-1-5-13(14)10-15(19)17(21)22/h3-4,7-9,11,13-15H,1-2,5-6,10H2,(H,21,22). The van der Waals surface area contributed by atoms with E-state index in [0.717, 1.165) is 31.2 Å². The number of carbonyl (C=O) groups excluding carboxylic acids is 1. The molecule has 1 aromatic heterocycles. The van der Waals surface area contributed by atoms with Gasteiger partial charge in [0.15, 0.2) is 0 Å². The van der Waals surface area contributed by atoms with Gasteiger partial charge < -0.3 is 10.0 Å². The highest BCUT2D eigenvalue weighted by molar-refractivity contribution is 5.95. The van der Waals surface area contributed by atoms with Crippen LogP contribution in [0.3, 0.4) is 0 Å². The number of pyridine rings is 1. The summed E-state index contributed by atoms with van der Waals surface area (Å²) in [6.45, 7) is 0. The van der Waals surface area contributed by atoms with Crippen LogP contribution in [0.4, 0.5) is 0 Å². The summed E-state index contributed by atoms with van der Waals surface area (Å²) in [5, 5.41) is 9.44. The first-order valence-electron chi connectivity index (χ1n) is 7.80. The number of carbonyl (C=O) groups is 2. The lowest BCUT2D eigenvalue weighted by atomic mass is 9.85. The predicted molar refractivity (Wildman–Crippen MR) is 81.9 cm³/mol. The number of fused-ring (bicyclic) bond motifs is 1. The van der Waals surface area contributed by atoms with Crippen LogP contribution in [-0.2, 0) is 9.59 Å². The van der Waals surface area contributed by atoms with Gasteiger partial charge in [-0.2, -0.15) is 0 Å². The molecule has 1 saturated carbocycles. The van der Waals surface area contributed by atoms with Crippen LogP contribution < -0.4 is 0 Å². The van der Waals surface area contributed by atoms with Gasteiger partial charge in [0.25, 0.3) is 0 Å². The number of carboxylic acid groups (broad SMARTS) is 1. The number of nitrogens with zero attached hydrogens (tertiary/aromatic N) is 2. The maximum absolute atomic E-state index is 12.5. The summed E-state index contributed by atoms with van der Waals surface area (Å²) in [5.41, 5.74) is 0.835. The van der Waals surface area contributed by atoms with E-state index in [4.69, 9.17) is 0 Å². The Morgan fingerprint density at radius 1 is 1.32 bits per heavy atom. The van der Waals surface area contributed by atoms with E-state index in [1.807, 2.05) is 6.07 Å². The van der Waals surface area contributed by atoms with Crippen molar-refractivity contribution in [1.82, 2.24) is 9.88 Å². The number of likely N-dealkylation sites (tertiary alicyclic amines) is 1. The molecule has 1 aliphatic heterocycles. The molecule has 2 heterocycles. The van der Waals surface area contributed by atoms with Crippen molar-refractivity contribution in [3.05, 3.63) is 36.2 Å². The average Bonchev–Trinajstić information content (AvgIpc) is 2.93. The predicted octanol–water partition coefficient (Wildman–Crippen LogP) is 2.34. The first-order chi connectivity index (χ1) is 10.7. The zero-order valence-corrected chi connectivity index (χ0v) is 12.4. The lowest BCUT2D eigenvalue weighted by molar-refractivity contribution is -0.147. The van der Waals surface area contributed by atoms with E-state index in [-0.39, 0.29) is 11.9 Å². The van der Waals surface area contributed by atoms with E-state index in [9.17, 15) is 14.7 Å². The first-order valence-corrected chi connectivity index (χ1v) is 7.80. The summed E-state index contributed by atoms with van der Waals surface area (Å²) < 4.78 is 0. The number of hydrogen-bond donors (Lipinski definition) is 1. The van der Waals surface area contributed by atoms with Gasteiger partial charge in [-0.05, 0) is 42.9 Å². The second-order valence-electron chi connectivity index (χ2n) is 6.07. The third kappa shape index (κ3) is 2.89. The zero-order valence-electron chi connectivity index (χ0n) is 12.4. The van der Waals surface area contributed by atoms with Crippen molar-refractivity contribution >= 4 is 18.0 Å². The van der Waals surface area contributed by atoms with Crippen molar-refractivity contribution in [1.29, 1.82) is 0 Å². The van der Waals surface area contributed by atoms with Crippen molar-refractivity contribution in [3.63, 3.8) is 0 Å². The monoisotopic (exact) mass is 300 g/mol. The van der Waals surface area contributed by atoms with Crippen LogP contribution in [0.5, 0.6) is 0 Å². The van der Waals surface area contributed by atoms with Gasteiger partial charge in [-0.25, -0.2) is 4.79 Å². The molecular weight excluding hydrogens is 280 g/mol. The third-order valence-electron chi connectivity index (χ3n) is 4.73. The van der Waals surface area contributed by atoms with Crippen molar-refractivity contribution in [2.75, 3.05) is 0 Å². The van der Waals surface area contributed by atoms with Crippen molar-refractivity contribution in [3.8, 4) is 0 Å². The van der Waals surface area contributed by atoms with E-state index in [2.05, 4.69) is 4.98 Å². The summed E-state index contributed by atoms with van der Waals surface area (Å²) in [6, 6.07) is 3.07. The molecule has 5 heteroatoms. The Kier molecular flexibility index (Phi) is 4.22. The second-order valence-corrected chi connectivity index (χ2v) is 6.07. The maximum Gasteiger partial charge on any atom is 0.326 e. The fourth-order valence-electron chi connectivity index (χ4n) is 3.73. The van der Waals surface area contributed by atoms with Crippen molar-refractivity contribution in [2.24, 2.45) is 5.92 Å². The maximum atomic E-state index is 12.5. The van der Waals surface area contributed by atoms with Gasteiger partial charge >= 0.3 is 5.97 Å². The Morgan fingerprint density at radius 3 is 2.86 bits per heavy atom. The van der Waals surface area contributed by atoms with Gasteiger partial charge in [-0.15, -0.1) is 0 Å². The molecule has 1 N–H and O–H groups in total. The third-order valence-corrected chi connectivity index (χ3v) is 4.73. The molecule has 1 aliphatic carbocycles. The quantitative estimate of drug-likeness (QED) is 0.870. The zero-order chi connectivity index (χ0) is 15.5. The topological polar surface area (TPSA) is 70.5 Å². The molecule has 5 nitrogen and oxygen atoms in total. The van der Waals surface area contributed by atoms with Crippen LogP contribution in [0.25, 0.3) is 6.08 Å². The first kappa shape index (κ1) is 14.8. The largest absolute Gasteiger partial charge is 0.480 e. The molecule has 2 fully saturated rings. The molecule has 2 aliphatic rings. The lowest BCUT2D eigenvalue weighted by Gasteiger charge is -2.32. The van der Waals surface area contributed by atoms with Crippen molar-refractivity contribution < 1.29 is 14.7 Å². The molecule has 0 spiro atoms. The van der Waals surface area contributed by atoms with Gasteiger partial charge in [0.1, 0.15) is 6.04 Å². The molecule has 0 aromatic carbocycles. The average molecular weight is 300 g/mol. The van der Waals surface area contributed by atoms with Crippen LogP contribution >= 0.6 is 0 Å². The molecule has 1 saturated heterocycles. The minimum absolute atomic E-state index is 0.0842. The molecule has 116 valence electrons. The summed E-state index contributed by atoms with van der Waals surface area (Å²) >= 11 is 0. The number of rotatable bonds is 3. The Balaban J connectivity index is 1.79. The number of amides is 1. The highest BCUT2D eigenvalue weighted by Gasteiger charge is 2.46. The van der Waals surface area contributed by atoms with Crippen LogP contribution in [0.2, 0.25) is 0 Å². The van der Waals surface area contributed by atoms with Crippen molar-refractivity contribution in [2.45, 2.75) is 44.2 Å². The Morgan fingerprint density at radius 2 is 2.14 bits per heavy atom. The smallest absolute Gasteiger partial charge is 0.326 e. The minimum Gasteiger partial charge on any atom is -0.480 e. The molecule has 22 heavy (non-hydrogen) atoms. The lowest BCUT2D eigenvalue weighted by Crippen LogP contribution is -2.45. The van der Waals surface area contributed by atoms with Crippen LogP contribution in [-0.4, -0.2) is 39.0 Å². The van der Waals surface area contributed by atoms with E-state index in [0.29, 0.717) is 12.3 Å². The molecule has 3 rings (SSSR count). The molecule has 3 atom stereocenters. The molecule has 1 amide bonds. The summed E-state index contributed by atoms with van der Waals surface area (Å²) in [5.74, 6) is -0.756. The highest BCUT2D eigenvalue weighted by Crippen LogP contribution is 2.39. The molecule has 1 aromatic rings. The molecule has 3 unspecified atom stereocenters. The van der Waals surface area contributed by atoms with Gasteiger partial charge in [0.2, 0.25) is 5.91 Å². The Hall–Kier alpha value is -2.17. The van der Waals surface area contributed by atoms with E-state index >= 15 is 0 Å². The second kappa shape index (κ2) is 6.30. The van der Waals surface area contributed by atoms with Crippen LogP contribution in [0.1, 0.15) is 37.7 Å². The molecular formula is C17H20N2O3. The summed E-state index contributed by atoms with van der Waals surface area (Å²) in [6.07, 6.45) is 11.3. The normalized spacial score (nSPS) is 27.8. The summed E-state index contributed by atoms with van der Waals surface area (Å²) in [4.78, 5) is 29.6. The highest BCUT2D eigenvalue weighted by atomic mass is 16.4. The number of carboxylic acids is 1. The summed E-state index contributed by atoms with van der Waals surface area (Å²) in [7, 11) is 0. The van der Waals surface area contributed by atoms with E-state index in [1.54, 1.807) is 29.4 Å². The number of aromatic nitrogens is 1. The minimum atomic E-state index is -0.891. The fraction of sp³-hybridized carbons (Fsp3) is 0.471. The molecule has 0 bridgehead atoms. The van der Waals surface area contributed by atoms with Gasteiger partial charge in [-0.3, -0.25) is 9.78 Å². The van der Waals surface area contributed by atoms with Crippen LogP contribution in [0, 0.1) is 5.92 Å². The molecule has 0 radical (unpaired) electrons.